The fraction of sp³-hybridized carbons (Fsp3) is 0.0526. The summed E-state index contributed by atoms with van der Waals surface area (Å²) in [5, 5.41) is 3.25. The number of nitrogens with one attached hydrogen (secondary N) is 1. The number of ether oxygens (including phenoxy) is 1. The predicted molar refractivity (Wildman–Crippen MR) is 100 cm³/mol. The molecular weight excluding hydrogens is 377 g/mol. The summed E-state index contributed by atoms with van der Waals surface area (Å²) in [7, 11) is 0. The van der Waals surface area contributed by atoms with Crippen molar-refractivity contribution in [2.75, 3.05) is 5.32 Å². The molecule has 7 heteroatoms. The van der Waals surface area contributed by atoms with E-state index < -0.39 is 11.3 Å². The maximum atomic E-state index is 12.2. The summed E-state index contributed by atoms with van der Waals surface area (Å²) < 4.78 is 10.7. The van der Waals surface area contributed by atoms with E-state index in [2.05, 4.69) is 5.32 Å². The highest BCUT2D eigenvalue weighted by Gasteiger charge is 2.13. The van der Waals surface area contributed by atoms with Crippen molar-refractivity contribution in [3.8, 4) is 5.75 Å². The van der Waals surface area contributed by atoms with Crippen molar-refractivity contribution in [2.45, 2.75) is 6.61 Å². The topological polar surface area (TPSA) is 68.5 Å². The highest BCUT2D eigenvalue weighted by molar-refractivity contribution is 6.42. The van der Waals surface area contributed by atoms with Crippen LogP contribution in [0.3, 0.4) is 0 Å². The number of halogens is 2. The molecule has 0 unspecified atom stereocenters. The quantitative estimate of drug-likeness (QED) is 0.681. The molecule has 0 saturated carbocycles. The van der Waals surface area contributed by atoms with Crippen LogP contribution in [0.1, 0.15) is 16.1 Å². The highest BCUT2D eigenvalue weighted by Crippen LogP contribution is 2.25. The van der Waals surface area contributed by atoms with Gasteiger partial charge in [0, 0.05) is 11.8 Å². The third-order valence-electron chi connectivity index (χ3n) is 3.44. The summed E-state index contributed by atoms with van der Waals surface area (Å²) in [5.41, 5.74) is 0.885. The van der Waals surface area contributed by atoms with Gasteiger partial charge in [0.05, 0.1) is 10.0 Å². The van der Waals surface area contributed by atoms with Crippen molar-refractivity contribution >= 4 is 34.8 Å². The molecule has 0 spiro atoms. The molecular formula is C19H13Cl2NO4. The van der Waals surface area contributed by atoms with Crippen molar-refractivity contribution in [1.82, 2.24) is 0 Å². The average Bonchev–Trinajstić information content (AvgIpc) is 2.64. The van der Waals surface area contributed by atoms with Gasteiger partial charge in [-0.05, 0) is 23.8 Å². The Bertz CT molecular complexity index is 986. The molecule has 5 nitrogen and oxygen atoms in total. The minimum atomic E-state index is -0.588. The molecule has 1 aromatic heterocycles. The van der Waals surface area contributed by atoms with Crippen LogP contribution in [-0.2, 0) is 6.61 Å². The third kappa shape index (κ3) is 4.45. The van der Waals surface area contributed by atoms with Crippen LogP contribution in [0.4, 0.5) is 5.69 Å². The molecule has 0 aliphatic carbocycles. The first-order valence-electron chi connectivity index (χ1n) is 7.59. The number of rotatable bonds is 5. The number of hydrogen-bond donors (Lipinski definition) is 1. The lowest BCUT2D eigenvalue weighted by molar-refractivity contribution is 0.0993. The molecule has 1 N–H and O–H groups in total. The first-order valence-corrected chi connectivity index (χ1v) is 8.34. The lowest BCUT2D eigenvalue weighted by Gasteiger charge is -2.07. The first-order chi connectivity index (χ1) is 12.5. The van der Waals surface area contributed by atoms with E-state index in [9.17, 15) is 9.59 Å². The summed E-state index contributed by atoms with van der Waals surface area (Å²) in [6.45, 7) is 0.223. The Labute approximate surface area is 159 Å². The minimum Gasteiger partial charge on any atom is -0.482 e. The molecule has 2 aromatic carbocycles. The summed E-state index contributed by atoms with van der Waals surface area (Å²) in [4.78, 5) is 24.3. The fourth-order valence-corrected chi connectivity index (χ4v) is 2.42. The number of hydrogen-bond acceptors (Lipinski definition) is 4. The van der Waals surface area contributed by atoms with Crippen LogP contribution in [0.2, 0.25) is 10.0 Å². The zero-order chi connectivity index (χ0) is 18.5. The zero-order valence-electron chi connectivity index (χ0n) is 13.4. The van der Waals surface area contributed by atoms with E-state index >= 15 is 0 Å². The van der Waals surface area contributed by atoms with Crippen LogP contribution in [0.25, 0.3) is 0 Å². The molecule has 132 valence electrons. The van der Waals surface area contributed by atoms with Crippen molar-refractivity contribution in [3.05, 3.63) is 92.5 Å². The van der Waals surface area contributed by atoms with E-state index in [1.807, 2.05) is 30.3 Å². The first kappa shape index (κ1) is 18.0. The monoisotopic (exact) mass is 389 g/mol. The molecule has 0 fully saturated rings. The summed E-state index contributed by atoms with van der Waals surface area (Å²) in [6, 6.07) is 15.1. The zero-order valence-corrected chi connectivity index (χ0v) is 14.9. The molecule has 0 saturated heterocycles. The van der Waals surface area contributed by atoms with Crippen LogP contribution in [0.15, 0.2) is 70.1 Å². The van der Waals surface area contributed by atoms with Crippen LogP contribution >= 0.6 is 23.2 Å². The Morgan fingerprint density at radius 2 is 1.81 bits per heavy atom. The van der Waals surface area contributed by atoms with Crippen molar-refractivity contribution in [2.24, 2.45) is 0 Å². The average molecular weight is 390 g/mol. The highest BCUT2D eigenvalue weighted by atomic mass is 35.5. The fourth-order valence-electron chi connectivity index (χ4n) is 2.13. The molecule has 0 atom stereocenters. The molecule has 1 heterocycles. The maximum absolute atomic E-state index is 12.2. The summed E-state index contributed by atoms with van der Waals surface area (Å²) in [6.07, 6.45) is 1.12. The molecule has 0 aliphatic heterocycles. The lowest BCUT2D eigenvalue weighted by atomic mass is 10.2. The number of carbonyl (C=O) groups excluding carboxylic acids is 1. The second-order valence-electron chi connectivity index (χ2n) is 5.33. The van der Waals surface area contributed by atoms with Crippen molar-refractivity contribution in [3.63, 3.8) is 0 Å². The predicted octanol–water partition coefficient (Wildman–Crippen LogP) is 4.78. The second-order valence-corrected chi connectivity index (χ2v) is 6.14. The molecule has 0 radical (unpaired) electrons. The van der Waals surface area contributed by atoms with Gasteiger partial charge in [0.2, 0.25) is 11.2 Å². The molecule has 26 heavy (non-hydrogen) atoms. The van der Waals surface area contributed by atoms with Gasteiger partial charge in [-0.2, -0.15) is 0 Å². The van der Waals surface area contributed by atoms with E-state index in [4.69, 9.17) is 32.4 Å². The van der Waals surface area contributed by atoms with Crippen molar-refractivity contribution < 1.29 is 13.9 Å². The Morgan fingerprint density at radius 3 is 2.50 bits per heavy atom. The number of amides is 1. The molecule has 3 rings (SSSR count). The molecule has 3 aromatic rings. The largest absolute Gasteiger partial charge is 0.482 e. The third-order valence-corrected chi connectivity index (χ3v) is 4.18. The van der Waals surface area contributed by atoms with Gasteiger partial charge in [-0.1, -0.05) is 53.5 Å². The van der Waals surface area contributed by atoms with Gasteiger partial charge in [-0.25, -0.2) is 0 Å². The maximum Gasteiger partial charge on any atom is 0.291 e. The van der Waals surface area contributed by atoms with E-state index in [1.54, 1.807) is 12.1 Å². The van der Waals surface area contributed by atoms with E-state index in [-0.39, 0.29) is 18.1 Å². The summed E-state index contributed by atoms with van der Waals surface area (Å²) >= 11 is 11.7. The van der Waals surface area contributed by atoms with Gasteiger partial charge in [0.25, 0.3) is 5.91 Å². The number of benzene rings is 2. The van der Waals surface area contributed by atoms with Gasteiger partial charge in [0.1, 0.15) is 12.9 Å². The van der Waals surface area contributed by atoms with Gasteiger partial charge in [0.15, 0.2) is 5.76 Å². The number of anilines is 1. The van der Waals surface area contributed by atoms with Crippen LogP contribution in [0, 0.1) is 0 Å². The lowest BCUT2D eigenvalue weighted by Crippen LogP contribution is -2.15. The Kier molecular flexibility index (Phi) is 5.61. The van der Waals surface area contributed by atoms with Crippen molar-refractivity contribution in [1.29, 1.82) is 0 Å². The summed E-state index contributed by atoms with van der Waals surface area (Å²) in [5.74, 6) is -0.705. The number of carbonyl (C=O) groups is 1. The standard InChI is InChI=1S/C19H13Cl2NO4/c20-14-7-6-13(8-15(14)21)22-19(24)17-9-16(23)18(11-26-17)25-10-12-4-2-1-3-5-12/h1-9,11H,10H2,(H,22,24). The van der Waals surface area contributed by atoms with Gasteiger partial charge >= 0.3 is 0 Å². The van der Waals surface area contributed by atoms with E-state index in [0.717, 1.165) is 17.9 Å². The van der Waals surface area contributed by atoms with Gasteiger partial charge in [-0.3, -0.25) is 9.59 Å². The second kappa shape index (κ2) is 8.08. The SMILES string of the molecule is O=C(Nc1ccc(Cl)c(Cl)c1)c1cc(=O)c(OCc2ccccc2)co1. The molecule has 0 bridgehead atoms. The molecule has 0 aliphatic rings. The Hall–Kier alpha value is -2.76. The van der Waals surface area contributed by atoms with Gasteiger partial charge < -0.3 is 14.5 Å². The van der Waals surface area contributed by atoms with Gasteiger partial charge in [-0.15, -0.1) is 0 Å². The normalized spacial score (nSPS) is 10.4. The smallest absolute Gasteiger partial charge is 0.291 e. The molecule has 1 amide bonds. The Balaban J connectivity index is 1.69. The minimum absolute atomic E-state index is 0.0277. The van der Waals surface area contributed by atoms with E-state index in [1.165, 1.54) is 6.07 Å². The van der Waals surface area contributed by atoms with Crippen LogP contribution in [-0.4, -0.2) is 5.91 Å². The van der Waals surface area contributed by atoms with Crippen LogP contribution < -0.4 is 15.5 Å². The van der Waals surface area contributed by atoms with Crippen LogP contribution in [0.5, 0.6) is 5.75 Å². The Morgan fingerprint density at radius 1 is 1.04 bits per heavy atom. The van der Waals surface area contributed by atoms with E-state index in [0.29, 0.717) is 15.7 Å².